The van der Waals surface area contributed by atoms with Gasteiger partial charge in [0.05, 0.1) is 0 Å². The van der Waals surface area contributed by atoms with Crippen LogP contribution in [0.2, 0.25) is 0 Å². The third-order valence-corrected chi connectivity index (χ3v) is 2.25. The largest absolute Gasteiger partial charge is 0.294 e. The van der Waals surface area contributed by atoms with Crippen molar-refractivity contribution in [2.45, 2.75) is 32.6 Å². The van der Waals surface area contributed by atoms with E-state index in [-0.39, 0.29) is 11.3 Å². The van der Waals surface area contributed by atoms with Gasteiger partial charge in [-0.3, -0.25) is 4.79 Å². The van der Waals surface area contributed by atoms with Crippen LogP contribution in [-0.2, 0) is 0 Å². The molecule has 0 aliphatic rings. The Hall–Kier alpha value is -1.25. The lowest BCUT2D eigenvalue weighted by atomic mass is 10.0. The van der Waals surface area contributed by atoms with Crippen LogP contribution in [-0.4, -0.2) is 5.78 Å². The summed E-state index contributed by atoms with van der Waals surface area (Å²) in [5.74, 6) is -2.00. The van der Waals surface area contributed by atoms with E-state index in [0.29, 0.717) is 6.42 Å². The average molecular weight is 212 g/mol. The molecular weight excluding hydrogens is 198 g/mol. The maximum absolute atomic E-state index is 12.8. The van der Waals surface area contributed by atoms with Gasteiger partial charge in [0, 0.05) is 12.0 Å². The van der Waals surface area contributed by atoms with Gasteiger partial charge in [-0.15, -0.1) is 0 Å². The molecule has 0 unspecified atom stereocenters. The molecule has 0 fully saturated rings. The van der Waals surface area contributed by atoms with E-state index in [4.69, 9.17) is 0 Å². The number of hydrogen-bond donors (Lipinski definition) is 0. The zero-order valence-corrected chi connectivity index (χ0v) is 8.72. The average Bonchev–Trinajstić information content (AvgIpc) is 2.22. The first-order chi connectivity index (χ1) is 7.15. The molecule has 0 bridgehead atoms. The van der Waals surface area contributed by atoms with Gasteiger partial charge in [0.1, 0.15) is 0 Å². The monoisotopic (exact) mass is 212 g/mol. The van der Waals surface area contributed by atoms with Crippen molar-refractivity contribution in [1.29, 1.82) is 0 Å². The quantitative estimate of drug-likeness (QED) is 0.537. The van der Waals surface area contributed by atoms with E-state index in [0.717, 1.165) is 31.4 Å². The Kier molecular flexibility index (Phi) is 4.40. The van der Waals surface area contributed by atoms with Crippen LogP contribution in [0.15, 0.2) is 18.2 Å². The molecule has 0 aliphatic heterocycles. The predicted molar refractivity (Wildman–Crippen MR) is 54.8 cm³/mol. The van der Waals surface area contributed by atoms with Crippen LogP contribution >= 0.6 is 0 Å². The number of ketones is 1. The molecule has 3 heteroatoms. The molecule has 0 atom stereocenters. The van der Waals surface area contributed by atoms with Crippen LogP contribution in [0.5, 0.6) is 0 Å². The Labute approximate surface area is 88.1 Å². The van der Waals surface area contributed by atoms with Crippen molar-refractivity contribution in [2.75, 3.05) is 0 Å². The highest BCUT2D eigenvalue weighted by Gasteiger charge is 2.08. The second-order valence-corrected chi connectivity index (χ2v) is 3.51. The van der Waals surface area contributed by atoms with Crippen molar-refractivity contribution >= 4 is 5.78 Å². The minimum Gasteiger partial charge on any atom is -0.294 e. The zero-order chi connectivity index (χ0) is 11.3. The third-order valence-electron chi connectivity index (χ3n) is 2.25. The van der Waals surface area contributed by atoms with Crippen LogP contribution in [0, 0.1) is 11.6 Å². The van der Waals surface area contributed by atoms with Crippen molar-refractivity contribution in [1.82, 2.24) is 0 Å². The smallest absolute Gasteiger partial charge is 0.162 e. The van der Waals surface area contributed by atoms with Gasteiger partial charge in [-0.25, -0.2) is 8.78 Å². The lowest BCUT2D eigenvalue weighted by Gasteiger charge is -2.01. The Morgan fingerprint density at radius 3 is 2.53 bits per heavy atom. The van der Waals surface area contributed by atoms with E-state index >= 15 is 0 Å². The van der Waals surface area contributed by atoms with E-state index in [1.54, 1.807) is 0 Å². The number of unbranched alkanes of at least 4 members (excludes halogenated alkanes) is 2. The molecule has 1 aromatic carbocycles. The van der Waals surface area contributed by atoms with Gasteiger partial charge in [-0.2, -0.15) is 0 Å². The summed E-state index contributed by atoms with van der Waals surface area (Å²) < 4.78 is 25.4. The van der Waals surface area contributed by atoms with Gasteiger partial charge in [0.25, 0.3) is 0 Å². The molecule has 15 heavy (non-hydrogen) atoms. The van der Waals surface area contributed by atoms with Crippen molar-refractivity contribution in [2.24, 2.45) is 0 Å². The van der Waals surface area contributed by atoms with E-state index < -0.39 is 11.6 Å². The van der Waals surface area contributed by atoms with Gasteiger partial charge in [-0.1, -0.05) is 19.8 Å². The second-order valence-electron chi connectivity index (χ2n) is 3.51. The molecule has 0 saturated heterocycles. The first-order valence-electron chi connectivity index (χ1n) is 5.13. The fourth-order valence-electron chi connectivity index (χ4n) is 1.35. The van der Waals surface area contributed by atoms with Crippen LogP contribution in [0.1, 0.15) is 43.0 Å². The number of carbonyl (C=O) groups is 1. The molecule has 0 saturated carbocycles. The van der Waals surface area contributed by atoms with Gasteiger partial charge in [-0.05, 0) is 24.6 Å². The van der Waals surface area contributed by atoms with Crippen LogP contribution < -0.4 is 0 Å². The Morgan fingerprint density at radius 1 is 1.20 bits per heavy atom. The summed E-state index contributed by atoms with van der Waals surface area (Å²) in [7, 11) is 0. The normalized spacial score (nSPS) is 10.3. The molecule has 0 radical (unpaired) electrons. The van der Waals surface area contributed by atoms with E-state index in [9.17, 15) is 13.6 Å². The van der Waals surface area contributed by atoms with Gasteiger partial charge >= 0.3 is 0 Å². The van der Waals surface area contributed by atoms with Gasteiger partial charge < -0.3 is 0 Å². The number of carbonyl (C=O) groups excluding carboxylic acids is 1. The summed E-state index contributed by atoms with van der Waals surface area (Å²) in [6.45, 7) is 2.04. The van der Waals surface area contributed by atoms with Crippen LogP contribution in [0.4, 0.5) is 8.78 Å². The van der Waals surface area contributed by atoms with Crippen molar-refractivity contribution < 1.29 is 13.6 Å². The lowest BCUT2D eigenvalue weighted by molar-refractivity contribution is 0.0979. The summed E-state index contributed by atoms with van der Waals surface area (Å²) in [5.41, 5.74) is 0.255. The van der Waals surface area contributed by atoms with E-state index in [2.05, 4.69) is 0 Å². The highest BCUT2D eigenvalue weighted by atomic mass is 19.2. The molecule has 82 valence electrons. The van der Waals surface area contributed by atoms with Crippen molar-refractivity contribution in [3.8, 4) is 0 Å². The SMILES string of the molecule is CCCCCC(=O)c1ccc(F)c(F)c1. The van der Waals surface area contributed by atoms with Crippen molar-refractivity contribution in [3.05, 3.63) is 35.4 Å². The molecule has 0 aromatic heterocycles. The highest BCUT2D eigenvalue weighted by Crippen LogP contribution is 2.12. The van der Waals surface area contributed by atoms with Gasteiger partial charge in [0.15, 0.2) is 17.4 Å². The summed E-state index contributed by atoms with van der Waals surface area (Å²) in [6.07, 6.45) is 3.22. The highest BCUT2D eigenvalue weighted by molar-refractivity contribution is 5.95. The summed E-state index contributed by atoms with van der Waals surface area (Å²) in [5, 5.41) is 0. The molecule has 0 spiro atoms. The molecule has 1 rings (SSSR count). The van der Waals surface area contributed by atoms with E-state index in [1.807, 2.05) is 6.92 Å². The first kappa shape index (κ1) is 11.8. The molecule has 0 heterocycles. The summed E-state index contributed by atoms with van der Waals surface area (Å²) in [6, 6.07) is 3.28. The minimum absolute atomic E-state index is 0.123. The summed E-state index contributed by atoms with van der Waals surface area (Å²) >= 11 is 0. The Bertz CT molecular complexity index is 347. The minimum atomic E-state index is -0.962. The molecule has 0 aliphatic carbocycles. The Balaban J connectivity index is 2.62. The van der Waals surface area contributed by atoms with Gasteiger partial charge in [0.2, 0.25) is 0 Å². The number of Topliss-reactive ketones (excluding diaryl/α,β-unsaturated/α-hetero) is 1. The number of benzene rings is 1. The number of halogens is 2. The van der Waals surface area contributed by atoms with Crippen LogP contribution in [0.3, 0.4) is 0 Å². The fourth-order valence-corrected chi connectivity index (χ4v) is 1.35. The van der Waals surface area contributed by atoms with Crippen molar-refractivity contribution in [3.63, 3.8) is 0 Å². The molecule has 1 aromatic rings. The maximum Gasteiger partial charge on any atom is 0.162 e. The second kappa shape index (κ2) is 5.59. The molecule has 0 amide bonds. The topological polar surface area (TPSA) is 17.1 Å². The fraction of sp³-hybridized carbons (Fsp3) is 0.417. The predicted octanol–water partition coefficient (Wildman–Crippen LogP) is 3.73. The molecule has 1 nitrogen and oxygen atoms in total. The number of hydrogen-bond acceptors (Lipinski definition) is 1. The molecule has 0 N–H and O–H groups in total. The Morgan fingerprint density at radius 2 is 1.93 bits per heavy atom. The van der Waals surface area contributed by atoms with E-state index in [1.165, 1.54) is 6.07 Å². The summed E-state index contributed by atoms with van der Waals surface area (Å²) in [4.78, 5) is 11.5. The lowest BCUT2D eigenvalue weighted by Crippen LogP contribution is -2.00. The molecular formula is C12H14F2O. The third kappa shape index (κ3) is 3.42. The first-order valence-corrected chi connectivity index (χ1v) is 5.13. The van der Waals surface area contributed by atoms with Crippen LogP contribution in [0.25, 0.3) is 0 Å². The standard InChI is InChI=1S/C12H14F2O/c1-2-3-4-5-12(15)9-6-7-10(13)11(14)8-9/h6-8H,2-5H2,1H3. The maximum atomic E-state index is 12.8. The zero-order valence-electron chi connectivity index (χ0n) is 8.72. The number of rotatable bonds is 5.